The van der Waals surface area contributed by atoms with Crippen LogP contribution in [0.5, 0.6) is 0 Å². The van der Waals surface area contributed by atoms with E-state index in [4.69, 9.17) is 0 Å². The summed E-state index contributed by atoms with van der Waals surface area (Å²) in [5.41, 5.74) is 0.933. The zero-order valence-electron chi connectivity index (χ0n) is 16.1. The van der Waals surface area contributed by atoms with E-state index in [1.165, 1.54) is 16.9 Å². The van der Waals surface area contributed by atoms with Gasteiger partial charge in [-0.25, -0.2) is 4.99 Å². The summed E-state index contributed by atoms with van der Waals surface area (Å²) in [4.78, 5) is 17.4. The van der Waals surface area contributed by atoms with Gasteiger partial charge in [0.25, 0.3) is 0 Å². The number of aliphatic hydroxyl groups is 1. The van der Waals surface area contributed by atoms with Crippen LogP contribution in [0.25, 0.3) is 0 Å². The van der Waals surface area contributed by atoms with Gasteiger partial charge in [0.1, 0.15) is 12.1 Å². The van der Waals surface area contributed by atoms with Gasteiger partial charge in [0.05, 0.1) is 6.54 Å². The molecule has 7 heteroatoms. The van der Waals surface area contributed by atoms with Gasteiger partial charge in [0.2, 0.25) is 5.91 Å². The number of carbonyl (C=O) groups is 1. The Morgan fingerprint density at radius 3 is 2.70 bits per heavy atom. The fraction of sp³-hybridized carbons (Fsp3) is 0.400. The first-order valence-corrected chi connectivity index (χ1v) is 10.00. The molecule has 0 bridgehead atoms. The molecule has 0 radical (unpaired) electrons. The minimum absolute atomic E-state index is 0.00711. The third-order valence-electron chi connectivity index (χ3n) is 4.00. The van der Waals surface area contributed by atoms with Crippen molar-refractivity contribution in [2.24, 2.45) is 4.99 Å². The third-order valence-corrected chi connectivity index (χ3v) is 5.12. The molecule has 0 aliphatic heterocycles. The van der Waals surface area contributed by atoms with E-state index < -0.39 is 5.60 Å². The molecular formula is C20H28N4O2S. The van der Waals surface area contributed by atoms with E-state index >= 15 is 0 Å². The molecule has 0 fully saturated rings. The lowest BCUT2D eigenvalue weighted by molar-refractivity contribution is -0.114. The highest BCUT2D eigenvalue weighted by molar-refractivity contribution is 7.10. The lowest BCUT2D eigenvalue weighted by atomic mass is 10.1. The second-order valence-corrected chi connectivity index (χ2v) is 7.35. The normalized spacial score (nSPS) is 13.7. The quantitative estimate of drug-likeness (QED) is 0.414. The molecule has 4 N–H and O–H groups in total. The second kappa shape index (κ2) is 10.1. The number of amides is 1. The van der Waals surface area contributed by atoms with E-state index in [2.05, 4.69) is 27.9 Å². The van der Waals surface area contributed by atoms with E-state index in [1.807, 2.05) is 48.7 Å². The molecule has 1 heterocycles. The van der Waals surface area contributed by atoms with Gasteiger partial charge in [-0.1, -0.05) is 25.1 Å². The Labute approximate surface area is 164 Å². The number of guanidine groups is 1. The van der Waals surface area contributed by atoms with Gasteiger partial charge in [0, 0.05) is 17.1 Å². The Hall–Kier alpha value is -2.38. The standard InChI is InChI=1S/C20H28N4O2S/c1-4-15-8-6-9-16(12-15)24-18(25)13-22-19(21-5-2)23-14-20(3,26)17-10-7-11-27-17/h6-12,26H,4-5,13-14H2,1-3H3,(H,24,25)(H2,21,22,23). The summed E-state index contributed by atoms with van der Waals surface area (Å²) in [6.45, 7) is 6.72. The lowest BCUT2D eigenvalue weighted by Crippen LogP contribution is -2.44. The zero-order valence-corrected chi connectivity index (χ0v) is 16.9. The van der Waals surface area contributed by atoms with Crippen LogP contribution in [0.3, 0.4) is 0 Å². The highest BCUT2D eigenvalue weighted by Gasteiger charge is 2.24. The van der Waals surface area contributed by atoms with Crippen molar-refractivity contribution in [2.45, 2.75) is 32.8 Å². The van der Waals surface area contributed by atoms with Crippen molar-refractivity contribution in [3.63, 3.8) is 0 Å². The molecule has 6 nitrogen and oxygen atoms in total. The molecule has 0 aliphatic rings. The molecule has 0 aliphatic carbocycles. The number of nitrogens with zero attached hydrogens (tertiary/aromatic N) is 1. The Balaban J connectivity index is 1.92. The smallest absolute Gasteiger partial charge is 0.246 e. The number of hydrogen-bond acceptors (Lipinski definition) is 4. The maximum Gasteiger partial charge on any atom is 0.246 e. The number of hydrogen-bond donors (Lipinski definition) is 4. The van der Waals surface area contributed by atoms with Gasteiger partial charge in [-0.15, -0.1) is 11.3 Å². The van der Waals surface area contributed by atoms with Gasteiger partial charge >= 0.3 is 0 Å². The first-order chi connectivity index (χ1) is 12.9. The summed E-state index contributed by atoms with van der Waals surface area (Å²) in [7, 11) is 0. The predicted molar refractivity (Wildman–Crippen MR) is 112 cm³/mol. The molecule has 1 unspecified atom stereocenters. The van der Waals surface area contributed by atoms with Crippen LogP contribution in [0, 0.1) is 0 Å². The van der Waals surface area contributed by atoms with Crippen molar-refractivity contribution in [1.82, 2.24) is 10.6 Å². The molecular weight excluding hydrogens is 360 g/mol. The molecule has 0 spiro atoms. The van der Waals surface area contributed by atoms with Crippen LogP contribution in [0.2, 0.25) is 0 Å². The number of nitrogens with one attached hydrogen (secondary N) is 3. The van der Waals surface area contributed by atoms with Gasteiger partial charge in [0.15, 0.2) is 5.96 Å². The monoisotopic (exact) mass is 388 g/mol. The summed E-state index contributed by atoms with van der Waals surface area (Å²) in [6.07, 6.45) is 0.917. The molecule has 1 atom stereocenters. The van der Waals surface area contributed by atoms with Gasteiger partial charge < -0.3 is 21.1 Å². The number of thiophene rings is 1. The second-order valence-electron chi connectivity index (χ2n) is 6.40. The first-order valence-electron chi connectivity index (χ1n) is 9.12. The largest absolute Gasteiger partial charge is 0.383 e. The number of rotatable bonds is 8. The van der Waals surface area contributed by atoms with E-state index in [0.29, 0.717) is 19.0 Å². The van der Waals surface area contributed by atoms with E-state index in [1.54, 1.807) is 6.92 Å². The molecule has 27 heavy (non-hydrogen) atoms. The van der Waals surface area contributed by atoms with Crippen LogP contribution in [-0.4, -0.2) is 36.6 Å². The first kappa shape index (κ1) is 20.9. The molecule has 146 valence electrons. The fourth-order valence-corrected chi connectivity index (χ4v) is 3.28. The topological polar surface area (TPSA) is 85.8 Å². The highest BCUT2D eigenvalue weighted by atomic mass is 32.1. The van der Waals surface area contributed by atoms with Crippen molar-refractivity contribution in [2.75, 3.05) is 25.0 Å². The van der Waals surface area contributed by atoms with E-state index in [-0.39, 0.29) is 12.5 Å². The summed E-state index contributed by atoms with van der Waals surface area (Å²) >= 11 is 1.50. The molecule has 2 aromatic rings. The Morgan fingerprint density at radius 2 is 2.04 bits per heavy atom. The van der Waals surface area contributed by atoms with Crippen molar-refractivity contribution in [3.8, 4) is 0 Å². The van der Waals surface area contributed by atoms with Crippen LogP contribution < -0.4 is 16.0 Å². The fourth-order valence-electron chi connectivity index (χ4n) is 2.49. The average molecular weight is 389 g/mol. The Kier molecular flexibility index (Phi) is 7.82. The molecule has 1 aromatic heterocycles. The van der Waals surface area contributed by atoms with Crippen molar-refractivity contribution >= 4 is 28.9 Å². The minimum Gasteiger partial charge on any atom is -0.383 e. The molecule has 1 aromatic carbocycles. The number of carbonyl (C=O) groups excluding carboxylic acids is 1. The van der Waals surface area contributed by atoms with Gasteiger partial charge in [-0.05, 0) is 49.4 Å². The van der Waals surface area contributed by atoms with E-state index in [0.717, 1.165) is 17.0 Å². The predicted octanol–water partition coefficient (Wildman–Crippen LogP) is 2.71. The van der Waals surface area contributed by atoms with Crippen molar-refractivity contribution < 1.29 is 9.90 Å². The molecule has 0 saturated heterocycles. The number of aliphatic imine (C=N–C) groups is 1. The van der Waals surface area contributed by atoms with Gasteiger partial charge in [-0.2, -0.15) is 0 Å². The van der Waals surface area contributed by atoms with Crippen LogP contribution in [-0.2, 0) is 16.8 Å². The van der Waals surface area contributed by atoms with Crippen molar-refractivity contribution in [1.29, 1.82) is 0 Å². The lowest BCUT2D eigenvalue weighted by Gasteiger charge is -2.23. The van der Waals surface area contributed by atoms with Crippen LogP contribution >= 0.6 is 11.3 Å². The highest BCUT2D eigenvalue weighted by Crippen LogP contribution is 2.24. The number of anilines is 1. The molecule has 2 rings (SSSR count). The Morgan fingerprint density at radius 1 is 1.22 bits per heavy atom. The summed E-state index contributed by atoms with van der Waals surface area (Å²) in [6, 6.07) is 11.6. The number of benzene rings is 1. The number of aryl methyl sites for hydroxylation is 1. The van der Waals surface area contributed by atoms with Crippen LogP contribution in [0.1, 0.15) is 31.2 Å². The van der Waals surface area contributed by atoms with E-state index in [9.17, 15) is 9.90 Å². The molecule has 0 saturated carbocycles. The maximum atomic E-state index is 12.2. The van der Waals surface area contributed by atoms with Crippen LogP contribution in [0.4, 0.5) is 5.69 Å². The SMILES string of the molecule is CCNC(=NCC(=O)Nc1cccc(CC)c1)NCC(C)(O)c1cccs1. The summed E-state index contributed by atoms with van der Waals surface area (Å²) in [5.74, 6) is 0.303. The Bertz CT molecular complexity index is 757. The van der Waals surface area contributed by atoms with Crippen LogP contribution in [0.15, 0.2) is 46.8 Å². The summed E-state index contributed by atoms with van der Waals surface area (Å²) < 4.78 is 0. The average Bonchev–Trinajstić information content (AvgIpc) is 3.20. The summed E-state index contributed by atoms with van der Waals surface area (Å²) in [5, 5.41) is 21.6. The maximum absolute atomic E-state index is 12.2. The van der Waals surface area contributed by atoms with Crippen molar-refractivity contribution in [3.05, 3.63) is 52.2 Å². The molecule has 1 amide bonds. The van der Waals surface area contributed by atoms with Gasteiger partial charge in [-0.3, -0.25) is 4.79 Å². The zero-order chi connectivity index (χ0) is 19.7. The minimum atomic E-state index is -1.01. The third kappa shape index (κ3) is 6.69.